The second kappa shape index (κ2) is 9.04. The van der Waals surface area contributed by atoms with Gasteiger partial charge in [0.1, 0.15) is 5.52 Å². The number of rotatable bonds is 6. The molecule has 0 aliphatic carbocycles. The molecule has 162 valence electrons. The van der Waals surface area contributed by atoms with Crippen molar-refractivity contribution in [1.82, 2.24) is 15.0 Å². The Hall–Kier alpha value is -3.32. The quantitative estimate of drug-likeness (QED) is 0.284. The summed E-state index contributed by atoms with van der Waals surface area (Å²) in [6.07, 6.45) is 0. The van der Waals surface area contributed by atoms with Gasteiger partial charge in [-0.1, -0.05) is 23.4 Å². The van der Waals surface area contributed by atoms with Gasteiger partial charge in [0.15, 0.2) is 6.73 Å². The van der Waals surface area contributed by atoms with Crippen LogP contribution in [0, 0.1) is 3.57 Å². The van der Waals surface area contributed by atoms with Crippen LogP contribution in [0.4, 0.5) is 5.69 Å². The number of benzene rings is 3. The van der Waals surface area contributed by atoms with Crippen molar-refractivity contribution in [3.8, 4) is 0 Å². The largest absolute Gasteiger partial charge is 0.439 e. The topological polar surface area (TPSA) is 120 Å². The minimum Gasteiger partial charge on any atom is -0.439 e. The highest BCUT2D eigenvalue weighted by Gasteiger charge is 2.18. The summed E-state index contributed by atoms with van der Waals surface area (Å²) in [5, 5.41) is 8.01. The van der Waals surface area contributed by atoms with Gasteiger partial charge in [-0.3, -0.25) is 9.52 Å². The normalized spacial score (nSPS) is 11.3. The Balaban J connectivity index is 1.50. The van der Waals surface area contributed by atoms with E-state index >= 15 is 0 Å². The summed E-state index contributed by atoms with van der Waals surface area (Å²) >= 11 is 2.12. The van der Waals surface area contributed by atoms with Crippen LogP contribution in [0.1, 0.15) is 10.4 Å². The van der Waals surface area contributed by atoms with Crippen molar-refractivity contribution in [3.63, 3.8) is 0 Å². The summed E-state index contributed by atoms with van der Waals surface area (Å²) in [6.45, 7) is -0.465. The number of ether oxygens (including phenoxy) is 1. The van der Waals surface area contributed by atoms with Gasteiger partial charge < -0.3 is 4.74 Å². The molecule has 1 aromatic heterocycles. The highest BCUT2D eigenvalue weighted by molar-refractivity contribution is 14.1. The van der Waals surface area contributed by atoms with Gasteiger partial charge >= 0.3 is 5.97 Å². The zero-order valence-electron chi connectivity index (χ0n) is 16.3. The first-order chi connectivity index (χ1) is 15.3. The molecule has 3 aromatic carbocycles. The fraction of sp³-hybridized carbons (Fsp3) is 0.0476. The van der Waals surface area contributed by atoms with Crippen LogP contribution in [0.25, 0.3) is 10.9 Å². The number of halogens is 1. The van der Waals surface area contributed by atoms with E-state index in [0.717, 1.165) is 8.25 Å². The third-order valence-electron chi connectivity index (χ3n) is 4.42. The fourth-order valence-corrected chi connectivity index (χ4v) is 4.30. The van der Waals surface area contributed by atoms with Crippen molar-refractivity contribution in [2.45, 2.75) is 11.6 Å². The number of aromatic nitrogens is 3. The SMILES string of the molecule is O=C(OCn1nnc2ccccc2c1=O)c1cccc(S(=O)(=O)Nc2ccc(I)cc2)c1. The highest BCUT2D eigenvalue weighted by atomic mass is 127. The van der Waals surface area contributed by atoms with Gasteiger partial charge in [-0.2, -0.15) is 4.68 Å². The van der Waals surface area contributed by atoms with E-state index in [4.69, 9.17) is 4.74 Å². The molecule has 9 nitrogen and oxygen atoms in total. The number of anilines is 1. The predicted octanol–water partition coefficient (Wildman–Crippen LogP) is 3.01. The van der Waals surface area contributed by atoms with E-state index in [0.29, 0.717) is 16.6 Å². The predicted molar refractivity (Wildman–Crippen MR) is 126 cm³/mol. The van der Waals surface area contributed by atoms with Crippen LogP contribution in [-0.2, 0) is 21.5 Å². The molecule has 32 heavy (non-hydrogen) atoms. The molecule has 0 atom stereocenters. The zero-order valence-corrected chi connectivity index (χ0v) is 19.3. The molecule has 11 heteroatoms. The zero-order chi connectivity index (χ0) is 22.7. The van der Waals surface area contributed by atoms with Crippen LogP contribution in [0.2, 0.25) is 0 Å². The number of carbonyl (C=O) groups excluding carboxylic acids is 1. The second-order valence-corrected chi connectivity index (χ2v) is 9.54. The van der Waals surface area contributed by atoms with Crippen LogP contribution in [-0.4, -0.2) is 29.4 Å². The molecule has 0 radical (unpaired) electrons. The third-order valence-corrected chi connectivity index (χ3v) is 6.52. The lowest BCUT2D eigenvalue weighted by molar-refractivity contribution is 0.0336. The van der Waals surface area contributed by atoms with E-state index in [1.54, 1.807) is 48.5 Å². The number of fused-ring (bicyclic) bond motifs is 1. The molecule has 1 N–H and O–H groups in total. The summed E-state index contributed by atoms with van der Waals surface area (Å²) in [6, 6.07) is 18.9. The molecule has 0 bridgehead atoms. The van der Waals surface area contributed by atoms with E-state index in [9.17, 15) is 18.0 Å². The molecule has 4 aromatic rings. The Morgan fingerprint density at radius 2 is 1.78 bits per heavy atom. The lowest BCUT2D eigenvalue weighted by atomic mass is 10.2. The minimum absolute atomic E-state index is 0.0114. The van der Waals surface area contributed by atoms with Gasteiger partial charge in [0.05, 0.1) is 15.8 Å². The van der Waals surface area contributed by atoms with Crippen LogP contribution >= 0.6 is 22.6 Å². The van der Waals surface area contributed by atoms with Crippen molar-refractivity contribution < 1.29 is 17.9 Å². The monoisotopic (exact) mass is 562 g/mol. The van der Waals surface area contributed by atoms with Gasteiger partial charge in [-0.25, -0.2) is 13.2 Å². The maximum Gasteiger partial charge on any atom is 0.339 e. The molecule has 0 saturated heterocycles. The number of esters is 1. The van der Waals surface area contributed by atoms with Crippen molar-refractivity contribution in [1.29, 1.82) is 0 Å². The molecular weight excluding hydrogens is 547 g/mol. The summed E-state index contributed by atoms with van der Waals surface area (Å²) < 4.78 is 34.9. The number of sulfonamides is 1. The lowest BCUT2D eigenvalue weighted by Gasteiger charge is -2.10. The third kappa shape index (κ3) is 4.78. The smallest absolute Gasteiger partial charge is 0.339 e. The molecule has 4 rings (SSSR count). The molecule has 0 saturated carbocycles. The van der Waals surface area contributed by atoms with Crippen LogP contribution in [0.5, 0.6) is 0 Å². The second-order valence-electron chi connectivity index (χ2n) is 6.61. The number of nitrogens with zero attached hydrogens (tertiary/aromatic N) is 3. The lowest BCUT2D eigenvalue weighted by Crippen LogP contribution is -2.26. The van der Waals surface area contributed by atoms with E-state index < -0.39 is 28.3 Å². The van der Waals surface area contributed by atoms with Crippen molar-refractivity contribution in [2.75, 3.05) is 4.72 Å². The molecular formula is C21H15IN4O5S. The fourth-order valence-electron chi connectivity index (χ4n) is 2.83. The Kier molecular flexibility index (Phi) is 6.19. The number of carbonyl (C=O) groups is 1. The number of nitrogens with one attached hydrogen (secondary N) is 1. The molecule has 0 spiro atoms. The van der Waals surface area contributed by atoms with Gasteiger partial charge in [0, 0.05) is 9.26 Å². The first-order valence-corrected chi connectivity index (χ1v) is 11.8. The first kappa shape index (κ1) is 21.9. The standard InChI is InChI=1S/C21H15IN4O5S/c22-15-8-10-16(11-9-15)24-32(29,30)17-5-3-4-14(12-17)21(28)31-13-26-20(27)18-6-1-2-7-19(18)23-25-26/h1-12,24H,13H2. The van der Waals surface area contributed by atoms with Gasteiger partial charge in [-0.05, 0) is 77.2 Å². The summed E-state index contributed by atoms with van der Waals surface area (Å²) in [5.74, 6) is -0.807. The van der Waals surface area contributed by atoms with E-state index in [2.05, 4.69) is 37.6 Å². The average molecular weight is 562 g/mol. The molecule has 0 amide bonds. The molecule has 0 unspecified atom stereocenters. The molecule has 0 fully saturated rings. The average Bonchev–Trinajstić information content (AvgIpc) is 2.80. The van der Waals surface area contributed by atoms with E-state index in [1.165, 1.54) is 24.3 Å². The Morgan fingerprint density at radius 1 is 1.03 bits per heavy atom. The summed E-state index contributed by atoms with van der Waals surface area (Å²) in [7, 11) is -3.92. The van der Waals surface area contributed by atoms with Crippen LogP contribution in [0.15, 0.2) is 82.5 Å². The van der Waals surface area contributed by atoms with E-state index in [-0.39, 0.29) is 10.5 Å². The summed E-state index contributed by atoms with van der Waals surface area (Å²) in [4.78, 5) is 24.8. The minimum atomic E-state index is -3.92. The maximum absolute atomic E-state index is 12.7. The van der Waals surface area contributed by atoms with Crippen LogP contribution in [0.3, 0.4) is 0 Å². The molecule has 1 heterocycles. The van der Waals surface area contributed by atoms with E-state index in [1.807, 2.05) is 0 Å². The maximum atomic E-state index is 12.7. The van der Waals surface area contributed by atoms with Gasteiger partial charge in [0.2, 0.25) is 0 Å². The molecule has 0 aliphatic rings. The highest BCUT2D eigenvalue weighted by Crippen LogP contribution is 2.19. The van der Waals surface area contributed by atoms with Crippen molar-refractivity contribution >= 4 is 55.2 Å². The van der Waals surface area contributed by atoms with Crippen molar-refractivity contribution in [2.24, 2.45) is 0 Å². The summed E-state index contributed by atoms with van der Waals surface area (Å²) in [5.41, 5.74) is 0.380. The Bertz CT molecular complexity index is 1470. The van der Waals surface area contributed by atoms with Gasteiger partial charge in [0.25, 0.3) is 15.6 Å². The number of hydrogen-bond donors (Lipinski definition) is 1. The Morgan fingerprint density at radius 3 is 2.56 bits per heavy atom. The molecule has 0 aliphatic heterocycles. The van der Waals surface area contributed by atoms with Gasteiger partial charge in [-0.15, -0.1) is 5.10 Å². The van der Waals surface area contributed by atoms with Crippen molar-refractivity contribution in [3.05, 3.63) is 92.3 Å². The Labute approximate surface area is 196 Å². The number of hydrogen-bond acceptors (Lipinski definition) is 7. The van der Waals surface area contributed by atoms with Crippen LogP contribution < -0.4 is 10.3 Å². The first-order valence-electron chi connectivity index (χ1n) is 9.22.